The van der Waals surface area contributed by atoms with E-state index in [2.05, 4.69) is 0 Å². The summed E-state index contributed by atoms with van der Waals surface area (Å²) in [6, 6.07) is 8.89. The third kappa shape index (κ3) is 6.15. The average molecular weight is 419 g/mol. The fraction of sp³-hybridized carbons (Fsp3) is 0.250. The van der Waals surface area contributed by atoms with E-state index in [1.807, 2.05) is 13.8 Å². The number of carbonyl (C=O) groups is 1. The van der Waals surface area contributed by atoms with E-state index in [-0.39, 0.29) is 33.8 Å². The summed E-state index contributed by atoms with van der Waals surface area (Å²) in [5, 5.41) is 10.7. The predicted octanol–water partition coefficient (Wildman–Crippen LogP) is 4.00. The number of hydrogen-bond acceptors (Lipinski definition) is 7. The second kappa shape index (κ2) is 9.33. The van der Waals surface area contributed by atoms with Gasteiger partial charge in [0, 0.05) is 18.6 Å². The van der Waals surface area contributed by atoms with Gasteiger partial charge in [0.15, 0.2) is 17.3 Å². The Labute approximate surface area is 169 Å². The second-order valence-corrected chi connectivity index (χ2v) is 8.14. The number of nitrogens with zero attached hydrogens (tertiary/aromatic N) is 1. The van der Waals surface area contributed by atoms with Crippen molar-refractivity contribution in [2.45, 2.75) is 25.2 Å². The molecule has 0 spiro atoms. The maximum atomic E-state index is 12.4. The summed E-state index contributed by atoms with van der Waals surface area (Å²) >= 11 is 0. The molecule has 0 unspecified atom stereocenters. The zero-order valence-corrected chi connectivity index (χ0v) is 17.0. The lowest BCUT2D eigenvalue weighted by molar-refractivity contribution is -0.384. The largest absolute Gasteiger partial charge is 0.493 e. The molecule has 2 rings (SSSR count). The fourth-order valence-electron chi connectivity index (χ4n) is 2.42. The Kier molecular flexibility index (Phi) is 7.11. The molecule has 0 amide bonds. The van der Waals surface area contributed by atoms with Gasteiger partial charge in [0.25, 0.3) is 5.69 Å². The molecule has 8 nitrogen and oxygen atoms in total. The molecule has 0 aliphatic rings. The Hall–Kier alpha value is -3.20. The minimum absolute atomic E-state index is 0.0138. The van der Waals surface area contributed by atoms with E-state index in [0.717, 1.165) is 24.3 Å². The number of ether oxygens (including phenoxy) is 1. The predicted molar refractivity (Wildman–Crippen MR) is 107 cm³/mol. The van der Waals surface area contributed by atoms with Crippen LogP contribution in [0.1, 0.15) is 25.8 Å². The number of carbonyl (C=O) groups excluding carboxylic acids is 1. The average Bonchev–Trinajstić information content (AvgIpc) is 2.66. The third-order valence-electron chi connectivity index (χ3n) is 3.79. The number of nitro groups is 1. The number of hydrogen-bond donors (Lipinski definition) is 0. The first-order valence-electron chi connectivity index (χ1n) is 8.70. The van der Waals surface area contributed by atoms with Crippen LogP contribution in [0.4, 0.5) is 5.69 Å². The minimum atomic E-state index is -4.22. The normalized spacial score (nSPS) is 11.6. The Morgan fingerprint density at radius 3 is 2.34 bits per heavy atom. The Morgan fingerprint density at radius 1 is 1.14 bits per heavy atom. The molecule has 0 aromatic heterocycles. The van der Waals surface area contributed by atoms with Crippen molar-refractivity contribution >= 4 is 27.7 Å². The first-order valence-corrected chi connectivity index (χ1v) is 10.1. The zero-order valence-electron chi connectivity index (χ0n) is 16.2. The van der Waals surface area contributed by atoms with Crippen molar-refractivity contribution in [1.29, 1.82) is 0 Å². The first kappa shape index (κ1) is 22.1. The minimum Gasteiger partial charge on any atom is -0.493 e. The molecule has 2 aromatic carbocycles. The topological polar surface area (TPSA) is 113 Å². The molecule has 0 aliphatic heterocycles. The van der Waals surface area contributed by atoms with E-state index < -0.39 is 15.0 Å². The molecule has 0 bridgehead atoms. The molecule has 2 aromatic rings. The molecule has 0 saturated heterocycles. The molecule has 0 fully saturated rings. The summed E-state index contributed by atoms with van der Waals surface area (Å²) < 4.78 is 35.2. The number of ketones is 1. The number of non-ortho nitro benzene ring substituents is 1. The van der Waals surface area contributed by atoms with Gasteiger partial charge in [-0.2, -0.15) is 8.42 Å². The molecule has 0 saturated carbocycles. The van der Waals surface area contributed by atoms with E-state index in [1.165, 1.54) is 19.3 Å². The Bertz CT molecular complexity index is 1030. The first-order chi connectivity index (χ1) is 13.6. The smallest absolute Gasteiger partial charge is 0.339 e. The monoisotopic (exact) mass is 419 g/mol. The van der Waals surface area contributed by atoms with Crippen molar-refractivity contribution in [3.8, 4) is 11.5 Å². The van der Waals surface area contributed by atoms with Crippen molar-refractivity contribution in [1.82, 2.24) is 0 Å². The highest BCUT2D eigenvalue weighted by Gasteiger charge is 2.20. The van der Waals surface area contributed by atoms with Crippen molar-refractivity contribution < 1.29 is 27.1 Å². The van der Waals surface area contributed by atoms with Crippen LogP contribution in [0.25, 0.3) is 6.08 Å². The quantitative estimate of drug-likeness (QED) is 0.261. The van der Waals surface area contributed by atoms with Crippen LogP contribution in [-0.2, 0) is 14.9 Å². The molecular formula is C20H21NO7S. The zero-order chi connectivity index (χ0) is 21.6. The van der Waals surface area contributed by atoms with E-state index >= 15 is 0 Å². The fourth-order valence-corrected chi connectivity index (χ4v) is 3.36. The number of rotatable bonds is 9. The molecule has 9 heteroatoms. The molecule has 0 heterocycles. The van der Waals surface area contributed by atoms with Crippen LogP contribution in [0.15, 0.2) is 53.4 Å². The summed E-state index contributed by atoms with van der Waals surface area (Å²) in [4.78, 5) is 21.6. The van der Waals surface area contributed by atoms with Gasteiger partial charge in [-0.3, -0.25) is 14.9 Å². The summed E-state index contributed by atoms with van der Waals surface area (Å²) in [6.45, 7) is 3.90. The Morgan fingerprint density at radius 2 is 1.79 bits per heavy atom. The van der Waals surface area contributed by atoms with Crippen molar-refractivity contribution in [2.75, 3.05) is 7.11 Å². The van der Waals surface area contributed by atoms with Crippen molar-refractivity contribution in [3.63, 3.8) is 0 Å². The lowest BCUT2D eigenvalue weighted by atomic mass is 10.1. The summed E-state index contributed by atoms with van der Waals surface area (Å²) in [5.41, 5.74) is 0.406. The number of allylic oxidation sites excluding steroid dienone is 1. The second-order valence-electron chi connectivity index (χ2n) is 6.60. The summed E-state index contributed by atoms with van der Waals surface area (Å²) in [7, 11) is -2.86. The number of methoxy groups -OCH3 is 1. The van der Waals surface area contributed by atoms with Gasteiger partial charge in [0.2, 0.25) is 0 Å². The molecule has 154 valence electrons. The highest BCUT2D eigenvalue weighted by atomic mass is 32.2. The van der Waals surface area contributed by atoms with E-state index in [0.29, 0.717) is 12.0 Å². The van der Waals surface area contributed by atoms with Gasteiger partial charge in [-0.1, -0.05) is 26.0 Å². The summed E-state index contributed by atoms with van der Waals surface area (Å²) in [6.07, 6.45) is 3.51. The van der Waals surface area contributed by atoms with Crippen molar-refractivity contribution in [2.24, 2.45) is 5.92 Å². The van der Waals surface area contributed by atoms with Crippen LogP contribution in [0, 0.1) is 16.0 Å². The Balaban J connectivity index is 2.22. The van der Waals surface area contributed by atoms with Gasteiger partial charge in [0.1, 0.15) is 4.90 Å². The van der Waals surface area contributed by atoms with Gasteiger partial charge < -0.3 is 8.92 Å². The van der Waals surface area contributed by atoms with Crippen LogP contribution in [0.5, 0.6) is 11.5 Å². The van der Waals surface area contributed by atoms with Gasteiger partial charge in [-0.25, -0.2) is 0 Å². The summed E-state index contributed by atoms with van der Waals surface area (Å²) in [5.74, 6) is 0.354. The van der Waals surface area contributed by atoms with Gasteiger partial charge in [-0.05, 0) is 41.8 Å². The highest BCUT2D eigenvalue weighted by Crippen LogP contribution is 2.31. The van der Waals surface area contributed by atoms with Gasteiger partial charge in [-0.15, -0.1) is 0 Å². The number of nitro benzene ring substituents is 1. The molecule has 0 aliphatic carbocycles. The van der Waals surface area contributed by atoms with E-state index in [1.54, 1.807) is 18.2 Å². The highest BCUT2D eigenvalue weighted by molar-refractivity contribution is 7.87. The lowest BCUT2D eigenvalue weighted by Crippen LogP contribution is -2.10. The molecule has 0 N–H and O–H groups in total. The molecule has 0 atom stereocenters. The van der Waals surface area contributed by atoms with E-state index in [4.69, 9.17) is 8.92 Å². The molecule has 29 heavy (non-hydrogen) atoms. The van der Waals surface area contributed by atoms with Crippen LogP contribution in [0.3, 0.4) is 0 Å². The van der Waals surface area contributed by atoms with Gasteiger partial charge >= 0.3 is 10.1 Å². The standard InChI is InChI=1S/C20H21NO7S/c1-14(2)12-17(22)8-4-15-5-11-19(20(13-15)27-3)28-29(25,26)18-9-6-16(7-10-18)21(23)24/h4-11,13-14H,12H2,1-3H3/b8-4+. The SMILES string of the molecule is COc1cc(/C=C/C(=O)CC(C)C)ccc1OS(=O)(=O)c1ccc([N+](=O)[O-])cc1. The van der Waals surface area contributed by atoms with E-state index in [9.17, 15) is 23.3 Å². The third-order valence-corrected chi connectivity index (χ3v) is 5.04. The van der Waals surface area contributed by atoms with Crippen molar-refractivity contribution in [3.05, 3.63) is 64.2 Å². The van der Waals surface area contributed by atoms with Crippen LogP contribution in [0.2, 0.25) is 0 Å². The van der Waals surface area contributed by atoms with Crippen LogP contribution < -0.4 is 8.92 Å². The maximum absolute atomic E-state index is 12.4. The molecular weight excluding hydrogens is 398 g/mol. The van der Waals surface area contributed by atoms with Crippen LogP contribution in [-0.4, -0.2) is 26.2 Å². The van der Waals surface area contributed by atoms with Gasteiger partial charge in [0.05, 0.1) is 12.0 Å². The van der Waals surface area contributed by atoms with Crippen LogP contribution >= 0.6 is 0 Å². The molecule has 0 radical (unpaired) electrons. The lowest BCUT2D eigenvalue weighted by Gasteiger charge is -2.11. The number of benzene rings is 2. The maximum Gasteiger partial charge on any atom is 0.339 e.